The topological polar surface area (TPSA) is 43.4 Å². The number of hydrogen-bond acceptors (Lipinski definition) is 3. The van der Waals surface area contributed by atoms with Gasteiger partial charge < -0.3 is 4.74 Å². The van der Waals surface area contributed by atoms with Crippen molar-refractivity contribution in [1.82, 2.24) is 0 Å². The molecule has 0 aliphatic carbocycles. The zero-order valence-corrected chi connectivity index (χ0v) is 11.6. The van der Waals surface area contributed by atoms with Crippen LogP contribution in [0.4, 0.5) is 4.39 Å². The molecule has 0 heterocycles. The largest absolute Gasteiger partial charge is 0.485 e. The van der Waals surface area contributed by atoms with E-state index in [-0.39, 0.29) is 18.0 Å². The minimum absolute atomic E-state index is 0.00952. The Labute approximate surface area is 122 Å². The maximum Gasteiger partial charge on any atom is 0.203 e. The summed E-state index contributed by atoms with van der Waals surface area (Å²) in [6, 6.07) is 12.3. The molecule has 0 aliphatic heterocycles. The van der Waals surface area contributed by atoms with Crippen molar-refractivity contribution in [1.29, 1.82) is 0 Å². The first-order valence-corrected chi connectivity index (χ1v) is 6.65. The lowest BCUT2D eigenvalue weighted by atomic mass is 10.1. The fourth-order valence-corrected chi connectivity index (χ4v) is 1.86. The highest BCUT2D eigenvalue weighted by atomic mass is 19.1. The highest BCUT2D eigenvalue weighted by Gasteiger charge is 2.11. The monoisotopic (exact) mass is 286 g/mol. The molecular formula is C17H15FO3. The number of rotatable bonds is 6. The van der Waals surface area contributed by atoms with Crippen LogP contribution in [0.2, 0.25) is 0 Å². The molecule has 0 saturated carbocycles. The smallest absolute Gasteiger partial charge is 0.203 e. The van der Waals surface area contributed by atoms with Gasteiger partial charge in [-0.3, -0.25) is 9.59 Å². The van der Waals surface area contributed by atoms with E-state index in [4.69, 9.17) is 4.74 Å². The van der Waals surface area contributed by atoms with Crippen molar-refractivity contribution in [2.24, 2.45) is 0 Å². The first-order chi connectivity index (χ1) is 10.1. The third kappa shape index (κ3) is 3.75. The van der Waals surface area contributed by atoms with Crippen LogP contribution in [-0.2, 0) is 0 Å². The first kappa shape index (κ1) is 14.9. The molecule has 0 unspecified atom stereocenters. The fourth-order valence-electron chi connectivity index (χ4n) is 1.86. The predicted octanol–water partition coefficient (Wildman–Crippen LogP) is 3.68. The van der Waals surface area contributed by atoms with E-state index in [2.05, 4.69) is 0 Å². The predicted molar refractivity (Wildman–Crippen MR) is 77.3 cm³/mol. The van der Waals surface area contributed by atoms with E-state index in [1.165, 1.54) is 18.2 Å². The minimum Gasteiger partial charge on any atom is -0.485 e. The van der Waals surface area contributed by atoms with Crippen LogP contribution in [-0.4, -0.2) is 18.2 Å². The van der Waals surface area contributed by atoms with Crippen LogP contribution in [0, 0.1) is 5.82 Å². The first-order valence-electron chi connectivity index (χ1n) is 6.65. The van der Waals surface area contributed by atoms with Crippen LogP contribution in [0.1, 0.15) is 34.1 Å². The number of benzene rings is 2. The summed E-state index contributed by atoms with van der Waals surface area (Å²) in [5, 5.41) is 0. The van der Waals surface area contributed by atoms with Crippen molar-refractivity contribution < 1.29 is 18.7 Å². The molecular weight excluding hydrogens is 271 g/mol. The van der Waals surface area contributed by atoms with E-state index >= 15 is 0 Å². The molecule has 0 spiro atoms. The second kappa shape index (κ2) is 6.79. The summed E-state index contributed by atoms with van der Waals surface area (Å²) in [5.41, 5.74) is 0.612. The van der Waals surface area contributed by atoms with Crippen LogP contribution in [0.5, 0.6) is 5.75 Å². The van der Waals surface area contributed by atoms with Gasteiger partial charge in [-0.25, -0.2) is 4.39 Å². The quantitative estimate of drug-likeness (QED) is 0.761. The van der Waals surface area contributed by atoms with E-state index in [0.717, 1.165) is 0 Å². The number of ketones is 2. The van der Waals surface area contributed by atoms with Gasteiger partial charge in [-0.1, -0.05) is 19.1 Å². The standard InChI is InChI=1S/C17H15FO3/c1-2-16(19)12-7-9-13(10-8-12)21-11-17(20)14-5-3-4-6-15(14)18/h3-10H,2,11H2,1H3. The molecule has 108 valence electrons. The Kier molecular flexibility index (Phi) is 4.82. The Morgan fingerprint density at radius 2 is 1.67 bits per heavy atom. The van der Waals surface area contributed by atoms with Crippen LogP contribution in [0.15, 0.2) is 48.5 Å². The van der Waals surface area contributed by atoms with E-state index in [9.17, 15) is 14.0 Å². The molecule has 0 bridgehead atoms. The number of hydrogen-bond donors (Lipinski definition) is 0. The van der Waals surface area contributed by atoms with Crippen LogP contribution < -0.4 is 4.74 Å². The Hall–Kier alpha value is -2.49. The molecule has 4 heteroatoms. The molecule has 2 rings (SSSR count). The van der Waals surface area contributed by atoms with Gasteiger partial charge in [-0.15, -0.1) is 0 Å². The summed E-state index contributed by atoms with van der Waals surface area (Å²) in [7, 11) is 0. The van der Waals surface area contributed by atoms with Crippen molar-refractivity contribution in [3.05, 3.63) is 65.5 Å². The molecule has 0 amide bonds. The lowest BCUT2D eigenvalue weighted by Gasteiger charge is -2.07. The molecule has 0 radical (unpaired) electrons. The molecule has 2 aromatic rings. The van der Waals surface area contributed by atoms with Crippen molar-refractivity contribution in [2.45, 2.75) is 13.3 Å². The third-order valence-corrected chi connectivity index (χ3v) is 3.04. The van der Waals surface area contributed by atoms with Gasteiger partial charge in [0.1, 0.15) is 11.6 Å². The van der Waals surface area contributed by atoms with Gasteiger partial charge in [0.05, 0.1) is 5.56 Å². The number of Topliss-reactive ketones (excluding diaryl/α,β-unsaturated/α-hetero) is 2. The Bertz CT molecular complexity index is 647. The second-order valence-corrected chi connectivity index (χ2v) is 4.49. The van der Waals surface area contributed by atoms with Crippen molar-refractivity contribution >= 4 is 11.6 Å². The van der Waals surface area contributed by atoms with Gasteiger partial charge >= 0.3 is 0 Å². The van der Waals surface area contributed by atoms with Crippen molar-refractivity contribution in [3.63, 3.8) is 0 Å². The van der Waals surface area contributed by atoms with Gasteiger partial charge in [0, 0.05) is 12.0 Å². The molecule has 21 heavy (non-hydrogen) atoms. The Balaban J connectivity index is 1.99. The molecule has 2 aromatic carbocycles. The average Bonchev–Trinajstić information content (AvgIpc) is 2.52. The SMILES string of the molecule is CCC(=O)c1ccc(OCC(=O)c2ccccc2F)cc1. The summed E-state index contributed by atoms with van der Waals surface area (Å²) in [5.74, 6) is -0.479. The maximum absolute atomic E-state index is 13.4. The summed E-state index contributed by atoms with van der Waals surface area (Å²) >= 11 is 0. The zero-order chi connectivity index (χ0) is 15.2. The minimum atomic E-state index is -0.560. The lowest BCUT2D eigenvalue weighted by molar-refractivity contribution is 0.0916. The highest BCUT2D eigenvalue weighted by Crippen LogP contribution is 2.14. The normalized spacial score (nSPS) is 10.2. The van der Waals surface area contributed by atoms with E-state index < -0.39 is 11.6 Å². The van der Waals surface area contributed by atoms with E-state index in [1.54, 1.807) is 37.3 Å². The molecule has 0 atom stereocenters. The van der Waals surface area contributed by atoms with Gasteiger partial charge in [0.2, 0.25) is 5.78 Å². The van der Waals surface area contributed by atoms with E-state index in [0.29, 0.717) is 17.7 Å². The molecule has 0 fully saturated rings. The number of carbonyl (C=O) groups is 2. The summed E-state index contributed by atoms with van der Waals surface area (Å²) in [6.45, 7) is 1.54. The van der Waals surface area contributed by atoms with Gasteiger partial charge in [0.15, 0.2) is 12.4 Å². The molecule has 3 nitrogen and oxygen atoms in total. The average molecular weight is 286 g/mol. The molecule has 0 saturated heterocycles. The van der Waals surface area contributed by atoms with Crippen LogP contribution >= 0.6 is 0 Å². The maximum atomic E-state index is 13.4. The highest BCUT2D eigenvalue weighted by molar-refractivity contribution is 5.97. The number of ether oxygens (including phenoxy) is 1. The Morgan fingerprint density at radius 1 is 1.00 bits per heavy atom. The van der Waals surface area contributed by atoms with Crippen LogP contribution in [0.3, 0.4) is 0 Å². The molecule has 0 aromatic heterocycles. The number of halogens is 1. The van der Waals surface area contributed by atoms with Gasteiger partial charge in [-0.2, -0.15) is 0 Å². The van der Waals surface area contributed by atoms with Gasteiger partial charge in [-0.05, 0) is 36.4 Å². The van der Waals surface area contributed by atoms with Gasteiger partial charge in [0.25, 0.3) is 0 Å². The molecule has 0 aliphatic rings. The van der Waals surface area contributed by atoms with E-state index in [1.807, 2.05) is 0 Å². The fraction of sp³-hybridized carbons (Fsp3) is 0.176. The summed E-state index contributed by atoms with van der Waals surface area (Å²) < 4.78 is 18.8. The third-order valence-electron chi connectivity index (χ3n) is 3.04. The van der Waals surface area contributed by atoms with Crippen molar-refractivity contribution in [2.75, 3.05) is 6.61 Å². The zero-order valence-electron chi connectivity index (χ0n) is 11.6. The summed E-state index contributed by atoms with van der Waals surface area (Å²) in [4.78, 5) is 23.3. The summed E-state index contributed by atoms with van der Waals surface area (Å²) in [6.07, 6.45) is 0.436. The Morgan fingerprint density at radius 3 is 2.29 bits per heavy atom. The van der Waals surface area contributed by atoms with Crippen molar-refractivity contribution in [3.8, 4) is 5.75 Å². The molecule has 0 N–H and O–H groups in total. The van der Waals surface area contributed by atoms with Crippen LogP contribution in [0.25, 0.3) is 0 Å². The second-order valence-electron chi connectivity index (χ2n) is 4.49. The number of carbonyl (C=O) groups excluding carboxylic acids is 2. The lowest BCUT2D eigenvalue weighted by Crippen LogP contribution is -2.13.